The molecule has 44 heavy (non-hydrogen) atoms. The Hall–Kier alpha value is -3.41. The monoisotopic (exact) mass is 627 g/mol. The molecule has 0 unspecified atom stereocenters. The molecule has 0 N–H and O–H groups in total. The molecule has 3 atom stereocenters. The molecule has 3 aromatic rings. The number of methoxy groups -OCH3 is 1. The number of carbonyl (C=O) groups is 1. The van der Waals surface area contributed by atoms with Crippen LogP contribution in [-0.4, -0.2) is 53.8 Å². The Labute approximate surface area is 257 Å². The van der Waals surface area contributed by atoms with E-state index in [2.05, 4.69) is 4.98 Å². The summed E-state index contributed by atoms with van der Waals surface area (Å²) in [5.41, 5.74) is 2.84. The Bertz CT molecular complexity index is 1560. The SMILES string of the molecule is COc1cc(/C=C2\CC[C@@H]3C[C@H](O[Si](C)(C)OC(C)(C)C)C[C@@H](c4cc(F)c(F)c(F)c4)N3C2=O)ccc1-n1cnc(C)c1. The number of amides is 1. The summed E-state index contributed by atoms with van der Waals surface area (Å²) in [6.45, 7) is 11.7. The van der Waals surface area contributed by atoms with E-state index in [1.54, 1.807) is 18.3 Å². The van der Waals surface area contributed by atoms with Gasteiger partial charge in [0.15, 0.2) is 17.5 Å². The van der Waals surface area contributed by atoms with Crippen molar-refractivity contribution in [1.29, 1.82) is 0 Å². The largest absolute Gasteiger partial charge is 0.495 e. The molecule has 2 aliphatic heterocycles. The van der Waals surface area contributed by atoms with Crippen molar-refractivity contribution in [3.8, 4) is 11.4 Å². The summed E-state index contributed by atoms with van der Waals surface area (Å²) < 4.78 is 63.2. The van der Waals surface area contributed by atoms with E-state index in [9.17, 15) is 18.0 Å². The fourth-order valence-electron chi connectivity index (χ4n) is 6.50. The van der Waals surface area contributed by atoms with Gasteiger partial charge in [-0.2, -0.15) is 0 Å². The van der Waals surface area contributed by atoms with Crippen LogP contribution in [0.3, 0.4) is 0 Å². The topological polar surface area (TPSA) is 65.8 Å². The molecule has 5 rings (SSSR count). The zero-order valence-electron chi connectivity index (χ0n) is 26.3. The summed E-state index contributed by atoms with van der Waals surface area (Å²) >= 11 is 0. The zero-order valence-corrected chi connectivity index (χ0v) is 27.3. The van der Waals surface area contributed by atoms with Crippen molar-refractivity contribution in [3.05, 3.63) is 82.7 Å². The van der Waals surface area contributed by atoms with Crippen LogP contribution in [0.2, 0.25) is 13.1 Å². The summed E-state index contributed by atoms with van der Waals surface area (Å²) in [4.78, 5) is 20.1. The minimum absolute atomic E-state index is 0.201. The third-order valence-corrected chi connectivity index (χ3v) is 9.94. The third kappa shape index (κ3) is 6.95. The Morgan fingerprint density at radius 2 is 1.77 bits per heavy atom. The van der Waals surface area contributed by atoms with Crippen LogP contribution in [0.1, 0.15) is 69.3 Å². The van der Waals surface area contributed by atoms with Gasteiger partial charge in [-0.15, -0.1) is 0 Å². The van der Waals surface area contributed by atoms with Crippen molar-refractivity contribution in [2.75, 3.05) is 7.11 Å². The van der Waals surface area contributed by atoms with E-state index in [1.165, 1.54) is 0 Å². The summed E-state index contributed by atoms with van der Waals surface area (Å²) in [5, 5.41) is 0. The van der Waals surface area contributed by atoms with Crippen molar-refractivity contribution in [2.24, 2.45) is 0 Å². The second kappa shape index (κ2) is 12.2. The molecule has 1 aromatic heterocycles. The van der Waals surface area contributed by atoms with E-state index in [1.807, 2.05) is 75.8 Å². The number of hydrogen-bond acceptors (Lipinski definition) is 5. The fourth-order valence-corrected chi connectivity index (χ4v) is 9.02. The van der Waals surface area contributed by atoms with E-state index >= 15 is 0 Å². The number of ether oxygens (including phenoxy) is 1. The lowest BCUT2D eigenvalue weighted by Crippen LogP contribution is -2.55. The van der Waals surface area contributed by atoms with Gasteiger partial charge < -0.3 is 23.1 Å². The first-order chi connectivity index (χ1) is 20.6. The Morgan fingerprint density at radius 1 is 1.07 bits per heavy atom. The molecule has 1 amide bonds. The molecule has 2 saturated heterocycles. The van der Waals surface area contributed by atoms with Gasteiger partial charge >= 0.3 is 8.56 Å². The van der Waals surface area contributed by atoms with E-state index in [4.69, 9.17) is 13.6 Å². The smallest absolute Gasteiger partial charge is 0.332 e. The van der Waals surface area contributed by atoms with Gasteiger partial charge in [-0.1, -0.05) is 6.07 Å². The maximum Gasteiger partial charge on any atom is 0.332 e. The third-order valence-electron chi connectivity index (χ3n) is 7.93. The number of carbonyl (C=O) groups excluding carboxylic acids is 1. The molecule has 0 spiro atoms. The quantitative estimate of drug-likeness (QED) is 0.155. The number of aryl methyl sites for hydroxylation is 1. The zero-order chi connectivity index (χ0) is 32.0. The number of halogens is 3. The van der Waals surface area contributed by atoms with Crippen LogP contribution < -0.4 is 4.74 Å². The first-order valence-electron chi connectivity index (χ1n) is 14.9. The average molecular weight is 628 g/mol. The Kier molecular flexibility index (Phi) is 8.85. The minimum Gasteiger partial charge on any atom is -0.495 e. The predicted octanol–water partition coefficient (Wildman–Crippen LogP) is 7.42. The van der Waals surface area contributed by atoms with E-state index in [-0.39, 0.29) is 23.6 Å². The van der Waals surface area contributed by atoms with Gasteiger partial charge in [-0.3, -0.25) is 4.79 Å². The molecular weight excluding hydrogens is 587 g/mol. The normalized spacial score (nSPS) is 22.0. The van der Waals surface area contributed by atoms with Gasteiger partial charge in [-0.25, -0.2) is 18.2 Å². The molecular formula is C33H40F3N3O4Si. The summed E-state index contributed by atoms with van der Waals surface area (Å²) in [5.74, 6) is -3.70. The number of piperidine rings is 2. The number of aromatic nitrogens is 2. The highest BCUT2D eigenvalue weighted by Gasteiger charge is 2.45. The molecule has 0 radical (unpaired) electrons. The maximum absolute atomic E-state index is 14.5. The molecule has 2 aromatic carbocycles. The van der Waals surface area contributed by atoms with E-state index < -0.39 is 37.7 Å². The minimum atomic E-state index is -2.60. The van der Waals surface area contributed by atoms with Crippen LogP contribution in [0.15, 0.2) is 48.4 Å². The molecule has 0 bridgehead atoms. The Morgan fingerprint density at radius 3 is 2.39 bits per heavy atom. The second-order valence-electron chi connectivity index (χ2n) is 13.1. The van der Waals surface area contributed by atoms with Crippen LogP contribution in [0.4, 0.5) is 13.2 Å². The lowest BCUT2D eigenvalue weighted by molar-refractivity contribution is -0.139. The number of nitrogens with zero attached hydrogens (tertiary/aromatic N) is 3. The maximum atomic E-state index is 14.5. The molecule has 2 aliphatic rings. The number of hydrogen-bond donors (Lipinski definition) is 0. The van der Waals surface area contributed by atoms with Crippen molar-refractivity contribution in [2.45, 2.75) is 90.3 Å². The summed E-state index contributed by atoms with van der Waals surface area (Å²) in [6, 6.07) is 6.72. The first kappa shape index (κ1) is 32.0. The standard InChI is InChI=1S/C33H40F3N3O4Si/c1-20-18-38(19-37-20)28-11-8-21(13-30(28)41-5)12-22-9-10-24-16-25(42-44(6,7)43-33(2,3)4)17-29(39(24)32(22)40)23-14-26(34)31(36)27(35)15-23/h8,11-15,18-19,24-25,29H,9-10,16-17H2,1-7H3/b22-12+/t24-,25+,29+/m1/s1. The highest BCUT2D eigenvalue weighted by Crippen LogP contribution is 2.43. The number of rotatable bonds is 7. The van der Waals surface area contributed by atoms with Crippen molar-refractivity contribution < 1.29 is 31.6 Å². The summed E-state index contributed by atoms with van der Waals surface area (Å²) in [6.07, 6.45) is 7.18. The lowest BCUT2D eigenvalue weighted by Gasteiger charge is -2.49. The van der Waals surface area contributed by atoms with Crippen molar-refractivity contribution in [3.63, 3.8) is 0 Å². The van der Waals surface area contributed by atoms with Crippen molar-refractivity contribution >= 4 is 20.5 Å². The highest BCUT2D eigenvalue weighted by atomic mass is 28.4. The van der Waals surface area contributed by atoms with Gasteiger partial charge in [0.1, 0.15) is 5.75 Å². The molecule has 7 nitrogen and oxygen atoms in total. The van der Waals surface area contributed by atoms with Gasteiger partial charge in [0, 0.05) is 17.8 Å². The van der Waals surface area contributed by atoms with Crippen LogP contribution in [-0.2, 0) is 13.6 Å². The lowest BCUT2D eigenvalue weighted by atomic mass is 9.82. The van der Waals surface area contributed by atoms with Gasteiger partial charge in [0.2, 0.25) is 0 Å². The molecule has 236 valence electrons. The number of fused-ring (bicyclic) bond motifs is 1. The van der Waals surface area contributed by atoms with E-state index in [0.29, 0.717) is 37.0 Å². The van der Waals surface area contributed by atoms with Crippen molar-refractivity contribution in [1.82, 2.24) is 14.5 Å². The van der Waals surface area contributed by atoms with Gasteiger partial charge in [0.05, 0.1) is 42.6 Å². The van der Waals surface area contributed by atoms with Crippen LogP contribution >= 0.6 is 0 Å². The first-order valence-corrected chi connectivity index (χ1v) is 17.7. The highest BCUT2D eigenvalue weighted by molar-refractivity contribution is 6.64. The fraction of sp³-hybridized carbons (Fsp3) is 0.455. The number of benzene rings is 2. The second-order valence-corrected chi connectivity index (χ2v) is 16.3. The van der Waals surface area contributed by atoms with Crippen LogP contribution in [0.25, 0.3) is 11.8 Å². The Balaban J connectivity index is 1.47. The van der Waals surface area contributed by atoms with Gasteiger partial charge in [0.25, 0.3) is 5.91 Å². The van der Waals surface area contributed by atoms with Crippen LogP contribution in [0.5, 0.6) is 5.75 Å². The molecule has 0 aliphatic carbocycles. The molecule has 0 saturated carbocycles. The molecule has 11 heteroatoms. The van der Waals surface area contributed by atoms with Gasteiger partial charge in [-0.05, 0) is 108 Å². The summed E-state index contributed by atoms with van der Waals surface area (Å²) in [7, 11) is -1.02. The number of imidazole rings is 1. The molecule has 3 heterocycles. The molecule has 2 fully saturated rings. The van der Waals surface area contributed by atoms with Crippen LogP contribution in [0, 0.1) is 24.4 Å². The van der Waals surface area contributed by atoms with E-state index in [0.717, 1.165) is 29.1 Å². The predicted molar refractivity (Wildman–Crippen MR) is 164 cm³/mol. The average Bonchev–Trinajstić information content (AvgIpc) is 3.36.